The highest BCUT2D eigenvalue weighted by Crippen LogP contribution is 2.34. The Morgan fingerprint density at radius 2 is 1.62 bits per heavy atom. The number of benzene rings is 2. The normalized spacial score (nSPS) is 10.6. The Bertz CT molecular complexity index is 553. The molecule has 2 N–H and O–H groups in total. The summed E-state index contributed by atoms with van der Waals surface area (Å²) in [6, 6.07) is 14.0. The third kappa shape index (κ3) is 5.11. The zero-order chi connectivity index (χ0) is 15.1. The highest BCUT2D eigenvalue weighted by Gasteiger charge is 2.09. The van der Waals surface area contributed by atoms with E-state index in [9.17, 15) is 0 Å². The van der Waals surface area contributed by atoms with Crippen LogP contribution in [0.15, 0.2) is 51.4 Å². The first kappa shape index (κ1) is 16.5. The van der Waals surface area contributed by atoms with E-state index in [0.717, 1.165) is 32.2 Å². The number of nitrogens with two attached hydrogens (primary N) is 1. The number of hydrogen-bond donors (Lipinski definition) is 1. The van der Waals surface area contributed by atoms with Crippen molar-refractivity contribution in [3.63, 3.8) is 0 Å². The van der Waals surface area contributed by atoms with Crippen LogP contribution in [0.1, 0.15) is 11.1 Å². The summed E-state index contributed by atoms with van der Waals surface area (Å²) >= 11 is 7.03. The molecule has 0 aliphatic rings. The first-order chi connectivity index (χ1) is 10.2. The number of rotatable bonds is 7. The number of halogens is 2. The summed E-state index contributed by atoms with van der Waals surface area (Å²) in [4.78, 5) is 0. The molecule has 0 aliphatic carbocycles. The van der Waals surface area contributed by atoms with E-state index >= 15 is 0 Å². The molecule has 0 unspecified atom stereocenters. The van der Waals surface area contributed by atoms with Crippen LogP contribution < -0.4 is 10.5 Å². The van der Waals surface area contributed by atoms with E-state index in [-0.39, 0.29) is 6.79 Å². The van der Waals surface area contributed by atoms with Gasteiger partial charge in [0.15, 0.2) is 12.5 Å². The van der Waals surface area contributed by atoms with Crippen molar-refractivity contribution < 1.29 is 9.47 Å². The topological polar surface area (TPSA) is 44.5 Å². The summed E-state index contributed by atoms with van der Waals surface area (Å²) < 4.78 is 13.0. The van der Waals surface area contributed by atoms with Crippen molar-refractivity contribution in [1.29, 1.82) is 0 Å². The first-order valence-corrected chi connectivity index (χ1v) is 8.21. The molecule has 21 heavy (non-hydrogen) atoms. The molecule has 0 heterocycles. The summed E-state index contributed by atoms with van der Waals surface area (Å²) in [6.07, 6.45) is 0.835. The Labute approximate surface area is 141 Å². The van der Waals surface area contributed by atoms with Gasteiger partial charge in [0.25, 0.3) is 0 Å². The third-order valence-corrected chi connectivity index (χ3v) is 4.07. The maximum absolute atomic E-state index is 5.68. The zero-order valence-electron chi connectivity index (χ0n) is 11.5. The molecular formula is C16H17Br2NO2. The number of hydrogen-bond acceptors (Lipinski definition) is 3. The molecule has 112 valence electrons. The van der Waals surface area contributed by atoms with Gasteiger partial charge in [-0.1, -0.05) is 30.3 Å². The van der Waals surface area contributed by atoms with E-state index < -0.39 is 0 Å². The van der Waals surface area contributed by atoms with E-state index in [4.69, 9.17) is 15.2 Å². The van der Waals surface area contributed by atoms with Gasteiger partial charge in [-0.05, 0) is 68.1 Å². The molecule has 0 atom stereocenters. The van der Waals surface area contributed by atoms with E-state index in [1.165, 1.54) is 0 Å². The van der Waals surface area contributed by atoms with Gasteiger partial charge in [0.05, 0.1) is 15.6 Å². The van der Waals surface area contributed by atoms with Crippen molar-refractivity contribution in [2.75, 3.05) is 13.3 Å². The minimum Gasteiger partial charge on any atom is -0.465 e. The van der Waals surface area contributed by atoms with Crippen LogP contribution in [0.25, 0.3) is 0 Å². The van der Waals surface area contributed by atoms with Crippen LogP contribution in [0.5, 0.6) is 5.75 Å². The van der Waals surface area contributed by atoms with Crippen molar-refractivity contribution in [2.24, 2.45) is 5.73 Å². The van der Waals surface area contributed by atoms with Crippen molar-refractivity contribution in [1.82, 2.24) is 0 Å². The minimum absolute atomic E-state index is 0.197. The first-order valence-electron chi connectivity index (χ1n) is 6.63. The average Bonchev–Trinajstić information content (AvgIpc) is 2.47. The van der Waals surface area contributed by atoms with Crippen molar-refractivity contribution in [2.45, 2.75) is 13.0 Å². The van der Waals surface area contributed by atoms with E-state index in [1.54, 1.807) is 0 Å². The second kappa shape index (κ2) is 8.54. The summed E-state index contributed by atoms with van der Waals surface area (Å²) in [7, 11) is 0. The molecule has 0 aromatic heterocycles. The van der Waals surface area contributed by atoms with Crippen LogP contribution in [0, 0.1) is 0 Å². The maximum atomic E-state index is 5.68. The van der Waals surface area contributed by atoms with Crippen LogP contribution in [-0.2, 0) is 17.8 Å². The lowest BCUT2D eigenvalue weighted by atomic mass is 10.1. The van der Waals surface area contributed by atoms with Crippen LogP contribution in [0.2, 0.25) is 0 Å². The van der Waals surface area contributed by atoms with Crippen molar-refractivity contribution in [3.05, 3.63) is 62.5 Å². The summed E-state index contributed by atoms with van der Waals surface area (Å²) in [6.45, 7) is 1.35. The van der Waals surface area contributed by atoms with Crippen LogP contribution in [0.3, 0.4) is 0 Å². The summed E-state index contributed by atoms with van der Waals surface area (Å²) in [5, 5.41) is 0. The van der Waals surface area contributed by atoms with Crippen LogP contribution >= 0.6 is 31.9 Å². The molecule has 0 radical (unpaired) electrons. The predicted octanol–water partition coefficient (Wildman–Crippen LogP) is 4.27. The molecule has 2 aromatic rings. The SMILES string of the molecule is NCCc1cc(Br)c(OCOCc2ccccc2)c(Br)c1. The molecule has 2 rings (SSSR count). The largest absolute Gasteiger partial charge is 0.465 e. The summed E-state index contributed by atoms with van der Waals surface area (Å²) in [5.74, 6) is 0.740. The van der Waals surface area contributed by atoms with Crippen LogP contribution in [0.4, 0.5) is 0 Å². The Morgan fingerprint density at radius 3 is 2.24 bits per heavy atom. The van der Waals surface area contributed by atoms with Gasteiger partial charge in [-0.2, -0.15) is 0 Å². The van der Waals surface area contributed by atoms with Crippen molar-refractivity contribution >= 4 is 31.9 Å². The zero-order valence-corrected chi connectivity index (χ0v) is 14.7. The number of ether oxygens (including phenoxy) is 2. The second-order valence-corrected chi connectivity index (χ2v) is 6.23. The van der Waals surface area contributed by atoms with Gasteiger partial charge in [0, 0.05) is 0 Å². The molecule has 0 saturated carbocycles. The fourth-order valence-electron chi connectivity index (χ4n) is 1.90. The monoisotopic (exact) mass is 413 g/mol. The Balaban J connectivity index is 1.88. The predicted molar refractivity (Wildman–Crippen MR) is 91.3 cm³/mol. The Hall–Kier alpha value is -0.880. The van der Waals surface area contributed by atoms with Gasteiger partial charge in [0.2, 0.25) is 0 Å². The molecule has 2 aromatic carbocycles. The Morgan fingerprint density at radius 1 is 0.952 bits per heavy atom. The molecule has 0 spiro atoms. The molecule has 0 amide bonds. The van der Waals surface area contributed by atoms with Gasteiger partial charge >= 0.3 is 0 Å². The molecule has 5 heteroatoms. The minimum atomic E-state index is 0.197. The van der Waals surface area contributed by atoms with E-state index in [2.05, 4.69) is 31.9 Å². The van der Waals surface area contributed by atoms with Crippen LogP contribution in [-0.4, -0.2) is 13.3 Å². The molecule has 0 bridgehead atoms. The van der Waals surface area contributed by atoms with Gasteiger partial charge in [-0.25, -0.2) is 0 Å². The average molecular weight is 415 g/mol. The quantitative estimate of drug-likeness (QED) is 0.543. The van der Waals surface area contributed by atoms with E-state index in [1.807, 2.05) is 42.5 Å². The second-order valence-electron chi connectivity index (χ2n) is 4.52. The van der Waals surface area contributed by atoms with Gasteiger partial charge in [0.1, 0.15) is 0 Å². The lowest BCUT2D eigenvalue weighted by Gasteiger charge is -2.12. The molecular weight excluding hydrogens is 398 g/mol. The maximum Gasteiger partial charge on any atom is 0.189 e. The fraction of sp³-hybridized carbons (Fsp3) is 0.250. The van der Waals surface area contributed by atoms with Gasteiger partial charge in [-0.15, -0.1) is 0 Å². The van der Waals surface area contributed by atoms with Gasteiger partial charge < -0.3 is 15.2 Å². The van der Waals surface area contributed by atoms with E-state index in [0.29, 0.717) is 13.2 Å². The standard InChI is InChI=1S/C16H17Br2NO2/c17-14-8-13(6-7-19)9-15(18)16(14)21-11-20-10-12-4-2-1-3-5-12/h1-5,8-9H,6-7,10-11,19H2. The molecule has 0 fully saturated rings. The summed E-state index contributed by atoms with van der Waals surface area (Å²) in [5.41, 5.74) is 7.85. The third-order valence-electron chi connectivity index (χ3n) is 2.89. The van der Waals surface area contributed by atoms with Gasteiger partial charge in [-0.3, -0.25) is 0 Å². The highest BCUT2D eigenvalue weighted by atomic mass is 79.9. The lowest BCUT2D eigenvalue weighted by molar-refractivity contribution is 0.00421. The fourth-order valence-corrected chi connectivity index (χ4v) is 3.41. The smallest absolute Gasteiger partial charge is 0.189 e. The Kier molecular flexibility index (Phi) is 6.70. The van der Waals surface area contributed by atoms with Crippen molar-refractivity contribution in [3.8, 4) is 5.75 Å². The molecule has 0 saturated heterocycles. The lowest BCUT2D eigenvalue weighted by Crippen LogP contribution is -2.05. The highest BCUT2D eigenvalue weighted by molar-refractivity contribution is 9.11. The molecule has 3 nitrogen and oxygen atoms in total. The molecule has 0 aliphatic heterocycles.